The molecule has 0 saturated carbocycles. The van der Waals surface area contributed by atoms with Gasteiger partial charge in [0, 0.05) is 24.8 Å². The summed E-state index contributed by atoms with van der Waals surface area (Å²) >= 11 is 0. The minimum Gasteiger partial charge on any atom is -0.336 e. The molecule has 1 fully saturated rings. The predicted octanol–water partition coefficient (Wildman–Crippen LogP) is 2.49. The molecule has 27 heavy (non-hydrogen) atoms. The number of likely N-dealkylation sites (tertiary alicyclic amines) is 1. The van der Waals surface area contributed by atoms with Crippen LogP contribution in [0.1, 0.15) is 22.1 Å². The molecule has 3 aromatic heterocycles. The molecule has 1 amide bonds. The van der Waals surface area contributed by atoms with Crippen molar-refractivity contribution in [3.8, 4) is 11.3 Å². The summed E-state index contributed by atoms with van der Waals surface area (Å²) in [4.78, 5) is 18.6. The monoisotopic (exact) mass is 360 g/mol. The molecule has 8 heteroatoms. The first-order valence-electron chi connectivity index (χ1n) is 8.67. The molecule has 0 atom stereocenters. The summed E-state index contributed by atoms with van der Waals surface area (Å²) < 4.78 is 6.92. The number of amides is 1. The van der Waals surface area contributed by atoms with Gasteiger partial charge in [-0.3, -0.25) is 4.79 Å². The van der Waals surface area contributed by atoms with E-state index in [9.17, 15) is 4.79 Å². The second-order valence-electron chi connectivity index (χ2n) is 6.66. The van der Waals surface area contributed by atoms with Crippen molar-refractivity contribution in [3.05, 3.63) is 60.0 Å². The van der Waals surface area contributed by atoms with Gasteiger partial charge in [0.05, 0.1) is 28.9 Å². The Balaban J connectivity index is 1.29. The average molecular weight is 360 g/mol. The maximum atomic E-state index is 12.7. The van der Waals surface area contributed by atoms with Crippen molar-refractivity contribution in [3.63, 3.8) is 0 Å². The summed E-state index contributed by atoms with van der Waals surface area (Å²) in [7, 11) is 0. The second-order valence-corrected chi connectivity index (χ2v) is 6.66. The minimum atomic E-state index is -0.0513. The minimum absolute atomic E-state index is 0.0513. The normalized spacial score (nSPS) is 14.5. The summed E-state index contributed by atoms with van der Waals surface area (Å²) in [6.45, 7) is 3.02. The van der Waals surface area contributed by atoms with Crippen LogP contribution in [0.2, 0.25) is 0 Å². The van der Waals surface area contributed by atoms with E-state index in [1.54, 1.807) is 11.0 Å². The summed E-state index contributed by atoms with van der Waals surface area (Å²) in [5, 5.41) is 13.1. The Morgan fingerprint density at radius 2 is 2.04 bits per heavy atom. The van der Waals surface area contributed by atoms with Crippen LogP contribution in [-0.4, -0.2) is 49.0 Å². The van der Waals surface area contributed by atoms with Gasteiger partial charge in [0.1, 0.15) is 5.69 Å². The molecule has 0 N–H and O–H groups in total. The third kappa shape index (κ3) is 2.66. The number of hydrogen-bond acceptors (Lipinski definition) is 6. The molecule has 1 saturated heterocycles. The Morgan fingerprint density at radius 3 is 2.85 bits per heavy atom. The van der Waals surface area contributed by atoms with Crippen molar-refractivity contribution in [2.45, 2.75) is 13.0 Å². The van der Waals surface area contributed by atoms with Gasteiger partial charge >= 0.3 is 0 Å². The predicted molar refractivity (Wildman–Crippen MR) is 96.9 cm³/mol. The van der Waals surface area contributed by atoms with E-state index in [4.69, 9.17) is 4.52 Å². The molecular weight excluding hydrogens is 344 g/mol. The largest absolute Gasteiger partial charge is 0.336 e. The first kappa shape index (κ1) is 15.7. The van der Waals surface area contributed by atoms with Gasteiger partial charge in [-0.05, 0) is 13.0 Å². The molecule has 4 heterocycles. The fourth-order valence-corrected chi connectivity index (χ4v) is 3.23. The van der Waals surface area contributed by atoms with Crippen LogP contribution in [0.15, 0.2) is 53.3 Å². The van der Waals surface area contributed by atoms with Crippen molar-refractivity contribution in [2.75, 3.05) is 13.1 Å². The van der Waals surface area contributed by atoms with Gasteiger partial charge in [-0.2, -0.15) is 0 Å². The maximum absolute atomic E-state index is 12.7. The van der Waals surface area contributed by atoms with Gasteiger partial charge in [0.25, 0.3) is 11.6 Å². The van der Waals surface area contributed by atoms with Gasteiger partial charge < -0.3 is 9.42 Å². The van der Waals surface area contributed by atoms with Crippen LogP contribution in [0, 0.1) is 6.92 Å². The van der Waals surface area contributed by atoms with E-state index in [0.717, 1.165) is 22.3 Å². The smallest absolute Gasteiger partial charge is 0.257 e. The lowest BCUT2D eigenvalue weighted by Gasteiger charge is -2.38. The third-order valence-corrected chi connectivity index (χ3v) is 4.86. The SMILES string of the molecule is Cc1noc2ncc(C(=O)N3CC(n4cc(-c5ccccc5)nn4)C3)cc12. The van der Waals surface area contributed by atoms with Gasteiger partial charge in [-0.25, -0.2) is 9.67 Å². The molecule has 0 unspecified atom stereocenters. The highest BCUT2D eigenvalue weighted by molar-refractivity contribution is 5.97. The van der Waals surface area contributed by atoms with E-state index >= 15 is 0 Å². The van der Waals surface area contributed by atoms with Crippen LogP contribution in [0.25, 0.3) is 22.4 Å². The van der Waals surface area contributed by atoms with Crippen molar-refractivity contribution in [2.24, 2.45) is 0 Å². The molecule has 8 nitrogen and oxygen atoms in total. The summed E-state index contributed by atoms with van der Waals surface area (Å²) in [6, 6.07) is 11.8. The lowest BCUT2D eigenvalue weighted by atomic mass is 10.1. The lowest BCUT2D eigenvalue weighted by Crippen LogP contribution is -2.50. The molecule has 1 aromatic carbocycles. The number of aryl methyl sites for hydroxylation is 1. The molecule has 1 aliphatic rings. The number of nitrogens with zero attached hydrogens (tertiary/aromatic N) is 6. The zero-order chi connectivity index (χ0) is 18.4. The van der Waals surface area contributed by atoms with Gasteiger partial charge in [0.15, 0.2) is 0 Å². The molecule has 1 aliphatic heterocycles. The molecule has 0 radical (unpaired) electrons. The van der Waals surface area contributed by atoms with Crippen molar-refractivity contribution >= 4 is 17.0 Å². The van der Waals surface area contributed by atoms with E-state index in [-0.39, 0.29) is 11.9 Å². The molecular formula is C19H16N6O2. The maximum Gasteiger partial charge on any atom is 0.257 e. The number of fused-ring (bicyclic) bond motifs is 1. The fraction of sp³-hybridized carbons (Fsp3) is 0.211. The first-order valence-corrected chi connectivity index (χ1v) is 8.67. The van der Waals surface area contributed by atoms with Crippen LogP contribution >= 0.6 is 0 Å². The number of hydrogen-bond donors (Lipinski definition) is 0. The molecule has 5 rings (SSSR count). The molecule has 0 bridgehead atoms. The third-order valence-electron chi connectivity index (χ3n) is 4.86. The topological polar surface area (TPSA) is 89.9 Å². The Hall–Kier alpha value is -3.55. The van der Waals surface area contributed by atoms with E-state index in [2.05, 4.69) is 20.5 Å². The quantitative estimate of drug-likeness (QED) is 0.557. The lowest BCUT2D eigenvalue weighted by molar-refractivity contribution is 0.0498. The standard InChI is InChI=1S/C19H16N6O2/c1-12-16-7-14(8-20-18(16)27-22-12)19(26)24-9-15(10-24)25-11-17(21-23-25)13-5-3-2-4-6-13/h2-8,11,15H,9-10H2,1H3. The van der Waals surface area contributed by atoms with Crippen LogP contribution in [-0.2, 0) is 0 Å². The highest BCUT2D eigenvalue weighted by Crippen LogP contribution is 2.25. The number of pyridine rings is 1. The Labute approximate surface area is 154 Å². The van der Waals surface area contributed by atoms with Crippen molar-refractivity contribution in [1.29, 1.82) is 0 Å². The van der Waals surface area contributed by atoms with Crippen LogP contribution in [0.5, 0.6) is 0 Å². The van der Waals surface area contributed by atoms with E-state index < -0.39 is 0 Å². The first-order chi connectivity index (χ1) is 13.2. The van der Waals surface area contributed by atoms with Gasteiger partial charge in [0.2, 0.25) is 0 Å². The Morgan fingerprint density at radius 1 is 1.22 bits per heavy atom. The van der Waals surface area contributed by atoms with Gasteiger partial charge in [-0.15, -0.1) is 5.10 Å². The zero-order valence-corrected chi connectivity index (χ0v) is 14.6. The van der Waals surface area contributed by atoms with Crippen molar-refractivity contribution in [1.82, 2.24) is 30.0 Å². The summed E-state index contributed by atoms with van der Waals surface area (Å²) in [6.07, 6.45) is 3.46. The number of aromatic nitrogens is 5. The number of carbonyl (C=O) groups is 1. The number of benzene rings is 1. The van der Waals surface area contributed by atoms with Crippen LogP contribution < -0.4 is 0 Å². The Kier molecular flexibility index (Phi) is 3.49. The van der Waals surface area contributed by atoms with Gasteiger partial charge in [-0.1, -0.05) is 40.7 Å². The number of rotatable bonds is 3. The molecule has 0 aliphatic carbocycles. The number of carbonyl (C=O) groups excluding carboxylic acids is 1. The van der Waals surface area contributed by atoms with Crippen LogP contribution in [0.3, 0.4) is 0 Å². The fourth-order valence-electron chi connectivity index (χ4n) is 3.23. The highest BCUT2D eigenvalue weighted by atomic mass is 16.5. The average Bonchev–Trinajstić information content (AvgIpc) is 3.28. The van der Waals surface area contributed by atoms with E-state index in [1.807, 2.05) is 48.1 Å². The van der Waals surface area contributed by atoms with Crippen molar-refractivity contribution < 1.29 is 9.32 Å². The molecule has 0 spiro atoms. The second kappa shape index (κ2) is 6.01. The summed E-state index contributed by atoms with van der Waals surface area (Å²) in [5.74, 6) is -0.0513. The van der Waals surface area contributed by atoms with Crippen LogP contribution in [0.4, 0.5) is 0 Å². The summed E-state index contributed by atoms with van der Waals surface area (Å²) in [5.41, 5.74) is 3.57. The zero-order valence-electron chi connectivity index (χ0n) is 14.6. The van der Waals surface area contributed by atoms with E-state index in [1.165, 1.54) is 6.20 Å². The highest BCUT2D eigenvalue weighted by Gasteiger charge is 2.33. The molecule has 134 valence electrons. The van der Waals surface area contributed by atoms with E-state index in [0.29, 0.717) is 24.4 Å². The molecule has 4 aromatic rings. The Bertz CT molecular complexity index is 1130.